The van der Waals surface area contributed by atoms with Crippen LogP contribution in [0, 0.1) is 5.92 Å². The number of hydrogen-bond acceptors (Lipinski definition) is 3. The molecule has 0 saturated carbocycles. The lowest BCUT2D eigenvalue weighted by Gasteiger charge is -2.33. The molecule has 2 fully saturated rings. The smallest absolute Gasteiger partial charge is 0.240 e. The summed E-state index contributed by atoms with van der Waals surface area (Å²) in [6.07, 6.45) is 2.67. The predicted octanol–water partition coefficient (Wildman–Crippen LogP) is -0.277. The van der Waals surface area contributed by atoms with Crippen molar-refractivity contribution >= 4 is 11.8 Å². The van der Waals surface area contributed by atoms with Crippen molar-refractivity contribution in [1.82, 2.24) is 15.5 Å². The Morgan fingerprint density at radius 2 is 2.18 bits per heavy atom. The third-order valence-corrected chi connectivity index (χ3v) is 3.66. The minimum absolute atomic E-state index is 0.0463. The van der Waals surface area contributed by atoms with Crippen LogP contribution in [-0.2, 0) is 9.59 Å². The van der Waals surface area contributed by atoms with Gasteiger partial charge in [-0.25, -0.2) is 0 Å². The van der Waals surface area contributed by atoms with E-state index in [1.54, 1.807) is 0 Å². The third-order valence-electron chi connectivity index (χ3n) is 3.66. The first-order valence-corrected chi connectivity index (χ1v) is 6.47. The van der Waals surface area contributed by atoms with Crippen molar-refractivity contribution in [2.75, 3.05) is 26.2 Å². The maximum atomic E-state index is 12.3. The van der Waals surface area contributed by atoms with E-state index in [-0.39, 0.29) is 17.9 Å². The molecule has 2 heterocycles. The summed E-state index contributed by atoms with van der Waals surface area (Å²) in [5.41, 5.74) is 0. The summed E-state index contributed by atoms with van der Waals surface area (Å²) in [4.78, 5) is 25.4. The molecule has 96 valence electrons. The first kappa shape index (κ1) is 12.4. The highest BCUT2D eigenvalue weighted by atomic mass is 16.2. The largest absolute Gasteiger partial charge is 0.354 e. The first-order valence-electron chi connectivity index (χ1n) is 6.47. The number of hydrogen-bond donors (Lipinski definition) is 2. The second-order valence-corrected chi connectivity index (χ2v) is 4.98. The fraction of sp³-hybridized carbons (Fsp3) is 0.833. The van der Waals surface area contributed by atoms with E-state index in [4.69, 9.17) is 0 Å². The van der Waals surface area contributed by atoms with Gasteiger partial charge in [-0.1, -0.05) is 6.92 Å². The summed E-state index contributed by atoms with van der Waals surface area (Å²) < 4.78 is 0. The first-order chi connectivity index (χ1) is 8.18. The molecule has 5 nitrogen and oxygen atoms in total. The predicted molar refractivity (Wildman–Crippen MR) is 64.4 cm³/mol. The maximum absolute atomic E-state index is 12.3. The van der Waals surface area contributed by atoms with E-state index in [2.05, 4.69) is 17.6 Å². The van der Waals surface area contributed by atoms with E-state index in [9.17, 15) is 9.59 Å². The van der Waals surface area contributed by atoms with E-state index in [0.29, 0.717) is 32.0 Å². The molecule has 5 heteroatoms. The van der Waals surface area contributed by atoms with Gasteiger partial charge in [-0.3, -0.25) is 9.59 Å². The quantitative estimate of drug-likeness (QED) is 0.662. The number of amides is 2. The average molecular weight is 239 g/mol. The standard InChI is InChI=1S/C12H21N3O2/c1-9-3-2-5-14-11(9)12(17)15-7-4-10(16)13-6-8-15/h9,11,14H,2-8H2,1H3,(H,13,16). The van der Waals surface area contributed by atoms with Gasteiger partial charge in [0.05, 0.1) is 6.04 Å². The molecule has 0 spiro atoms. The van der Waals surface area contributed by atoms with Crippen LogP contribution in [-0.4, -0.2) is 48.9 Å². The van der Waals surface area contributed by atoms with Crippen LogP contribution in [0.4, 0.5) is 0 Å². The third kappa shape index (κ3) is 2.97. The lowest BCUT2D eigenvalue weighted by atomic mass is 9.92. The number of nitrogens with one attached hydrogen (secondary N) is 2. The van der Waals surface area contributed by atoms with E-state index in [0.717, 1.165) is 19.4 Å². The second kappa shape index (κ2) is 5.49. The summed E-state index contributed by atoms with van der Waals surface area (Å²) in [5, 5.41) is 6.09. The van der Waals surface area contributed by atoms with E-state index in [1.807, 2.05) is 4.90 Å². The number of piperidine rings is 1. The molecule has 2 rings (SSSR count). The van der Waals surface area contributed by atoms with E-state index < -0.39 is 0 Å². The van der Waals surface area contributed by atoms with Crippen molar-refractivity contribution in [2.24, 2.45) is 5.92 Å². The summed E-state index contributed by atoms with van der Waals surface area (Å²) in [5.74, 6) is 0.599. The van der Waals surface area contributed by atoms with Crippen LogP contribution >= 0.6 is 0 Å². The van der Waals surface area contributed by atoms with Crippen molar-refractivity contribution in [3.05, 3.63) is 0 Å². The molecule has 0 aromatic rings. The Bertz CT molecular complexity index is 306. The van der Waals surface area contributed by atoms with Crippen LogP contribution < -0.4 is 10.6 Å². The zero-order valence-electron chi connectivity index (χ0n) is 10.4. The van der Waals surface area contributed by atoms with Crippen molar-refractivity contribution in [3.63, 3.8) is 0 Å². The Balaban J connectivity index is 1.95. The Hall–Kier alpha value is -1.10. The molecule has 2 amide bonds. The van der Waals surface area contributed by atoms with Gasteiger partial charge in [0.25, 0.3) is 0 Å². The molecule has 2 aliphatic rings. The SMILES string of the molecule is CC1CCCNC1C(=O)N1CCNC(=O)CC1. The molecule has 0 aromatic heterocycles. The number of rotatable bonds is 1. The number of carbonyl (C=O) groups excluding carboxylic acids is 2. The molecular weight excluding hydrogens is 218 g/mol. The van der Waals surface area contributed by atoms with Gasteiger partial charge >= 0.3 is 0 Å². The summed E-state index contributed by atoms with van der Waals surface area (Å²) in [6, 6.07) is -0.0584. The molecule has 2 aliphatic heterocycles. The molecule has 2 saturated heterocycles. The monoisotopic (exact) mass is 239 g/mol. The highest BCUT2D eigenvalue weighted by Gasteiger charge is 2.31. The Morgan fingerprint density at radius 3 is 2.94 bits per heavy atom. The van der Waals surface area contributed by atoms with Crippen LogP contribution in [0.15, 0.2) is 0 Å². The van der Waals surface area contributed by atoms with Crippen LogP contribution in [0.3, 0.4) is 0 Å². The van der Waals surface area contributed by atoms with Gasteiger partial charge in [0, 0.05) is 26.1 Å². The van der Waals surface area contributed by atoms with Crippen molar-refractivity contribution < 1.29 is 9.59 Å². The lowest BCUT2D eigenvalue weighted by Crippen LogP contribution is -2.52. The van der Waals surface area contributed by atoms with E-state index in [1.165, 1.54) is 0 Å². The normalized spacial score (nSPS) is 30.6. The molecule has 0 bridgehead atoms. The number of nitrogens with zero attached hydrogens (tertiary/aromatic N) is 1. The number of carbonyl (C=O) groups is 2. The molecule has 0 aromatic carbocycles. The Kier molecular flexibility index (Phi) is 3.99. The fourth-order valence-corrected chi connectivity index (χ4v) is 2.56. The molecular formula is C12H21N3O2. The van der Waals surface area contributed by atoms with Crippen molar-refractivity contribution in [2.45, 2.75) is 32.2 Å². The average Bonchev–Trinajstić information content (AvgIpc) is 2.54. The summed E-state index contributed by atoms with van der Waals surface area (Å²) in [7, 11) is 0. The zero-order chi connectivity index (χ0) is 12.3. The molecule has 2 N–H and O–H groups in total. The second-order valence-electron chi connectivity index (χ2n) is 4.98. The van der Waals surface area contributed by atoms with Crippen molar-refractivity contribution in [1.29, 1.82) is 0 Å². The zero-order valence-corrected chi connectivity index (χ0v) is 10.4. The van der Waals surface area contributed by atoms with Gasteiger partial charge in [0.15, 0.2) is 0 Å². The lowest BCUT2D eigenvalue weighted by molar-refractivity contribution is -0.135. The van der Waals surface area contributed by atoms with Gasteiger partial charge in [-0.05, 0) is 25.3 Å². The highest BCUT2D eigenvalue weighted by Crippen LogP contribution is 2.17. The summed E-state index contributed by atoms with van der Waals surface area (Å²) in [6.45, 7) is 4.80. The van der Waals surface area contributed by atoms with Crippen LogP contribution in [0.5, 0.6) is 0 Å². The van der Waals surface area contributed by atoms with Gasteiger partial charge < -0.3 is 15.5 Å². The van der Waals surface area contributed by atoms with E-state index >= 15 is 0 Å². The van der Waals surface area contributed by atoms with Crippen LogP contribution in [0.25, 0.3) is 0 Å². The topological polar surface area (TPSA) is 61.4 Å². The Morgan fingerprint density at radius 1 is 1.35 bits per heavy atom. The molecule has 17 heavy (non-hydrogen) atoms. The van der Waals surface area contributed by atoms with Crippen molar-refractivity contribution in [3.8, 4) is 0 Å². The minimum Gasteiger partial charge on any atom is -0.354 e. The Labute approximate surface area is 102 Å². The van der Waals surface area contributed by atoms with Gasteiger partial charge in [-0.15, -0.1) is 0 Å². The minimum atomic E-state index is -0.0584. The molecule has 0 aliphatic carbocycles. The van der Waals surface area contributed by atoms with Gasteiger partial charge in [0.1, 0.15) is 0 Å². The molecule has 2 atom stereocenters. The van der Waals surface area contributed by atoms with Gasteiger partial charge in [-0.2, -0.15) is 0 Å². The highest BCUT2D eigenvalue weighted by molar-refractivity contribution is 5.84. The van der Waals surface area contributed by atoms with Crippen LogP contribution in [0.2, 0.25) is 0 Å². The summed E-state index contributed by atoms with van der Waals surface area (Å²) >= 11 is 0. The van der Waals surface area contributed by atoms with Gasteiger partial charge in [0.2, 0.25) is 11.8 Å². The maximum Gasteiger partial charge on any atom is 0.240 e. The molecule has 2 unspecified atom stereocenters. The molecule has 0 radical (unpaired) electrons. The fourth-order valence-electron chi connectivity index (χ4n) is 2.56. The van der Waals surface area contributed by atoms with Crippen LogP contribution in [0.1, 0.15) is 26.2 Å².